The number of fused-ring (bicyclic) bond motifs is 1. The SMILES string of the molecule is C/C=C(/C)C(=O)OC[C@@]1(C)[C@@H]2[C@H]3C(=O)C=C(C)[C@@H]2[C@@]3(C)CC[C@@H]1OC(=O)/C(C)=C\C. The van der Waals surface area contributed by atoms with E-state index in [0.717, 1.165) is 12.0 Å². The number of ether oxygens (including phenoxy) is 2. The molecule has 0 saturated heterocycles. The summed E-state index contributed by atoms with van der Waals surface area (Å²) >= 11 is 0. The van der Waals surface area contributed by atoms with Crippen molar-refractivity contribution in [1.29, 1.82) is 0 Å². The van der Waals surface area contributed by atoms with Gasteiger partial charge in [-0.15, -0.1) is 0 Å². The van der Waals surface area contributed by atoms with Gasteiger partial charge in [-0.2, -0.15) is 0 Å². The van der Waals surface area contributed by atoms with Crippen LogP contribution in [0.15, 0.2) is 34.9 Å². The number of carbonyl (C=O) groups excluding carboxylic acids is 3. The summed E-state index contributed by atoms with van der Waals surface area (Å²) in [6.45, 7) is 13.4. The Labute approximate surface area is 179 Å². The largest absolute Gasteiger partial charge is 0.462 e. The molecule has 0 aromatic heterocycles. The van der Waals surface area contributed by atoms with Gasteiger partial charge in [0.2, 0.25) is 0 Å². The number of hydrogen-bond acceptors (Lipinski definition) is 5. The summed E-state index contributed by atoms with van der Waals surface area (Å²) in [7, 11) is 0. The van der Waals surface area contributed by atoms with Gasteiger partial charge in [0.15, 0.2) is 5.78 Å². The molecule has 0 aromatic rings. The minimum Gasteiger partial charge on any atom is -0.462 e. The summed E-state index contributed by atoms with van der Waals surface area (Å²) in [5, 5.41) is 0. The maximum absolute atomic E-state index is 13.0. The lowest BCUT2D eigenvalue weighted by Gasteiger charge is -2.65. The van der Waals surface area contributed by atoms with E-state index in [1.165, 1.54) is 0 Å². The number of esters is 2. The Kier molecular flexibility index (Phi) is 5.87. The van der Waals surface area contributed by atoms with Crippen LogP contribution in [0.4, 0.5) is 0 Å². The second kappa shape index (κ2) is 7.82. The van der Waals surface area contributed by atoms with Crippen LogP contribution in [-0.4, -0.2) is 30.4 Å². The molecule has 4 bridgehead atoms. The first kappa shape index (κ1) is 22.5. The van der Waals surface area contributed by atoms with Crippen molar-refractivity contribution in [2.24, 2.45) is 28.6 Å². The molecule has 0 aromatic carbocycles. The first-order chi connectivity index (χ1) is 14.0. The Morgan fingerprint density at radius 2 is 1.70 bits per heavy atom. The first-order valence-corrected chi connectivity index (χ1v) is 10.9. The summed E-state index contributed by atoms with van der Waals surface area (Å²) in [5.74, 6) is -0.463. The normalized spacial score (nSPS) is 38.2. The van der Waals surface area contributed by atoms with Crippen molar-refractivity contribution in [3.8, 4) is 0 Å². The number of ketones is 1. The highest BCUT2D eigenvalue weighted by Crippen LogP contribution is 2.71. The molecule has 164 valence electrons. The quantitative estimate of drug-likeness (QED) is 0.487. The highest BCUT2D eigenvalue weighted by Gasteiger charge is 2.71. The lowest BCUT2D eigenvalue weighted by molar-refractivity contribution is -0.192. The number of hydrogen-bond donors (Lipinski definition) is 0. The number of rotatable bonds is 5. The molecule has 0 heterocycles. The maximum atomic E-state index is 13.0. The zero-order chi connectivity index (χ0) is 22.4. The van der Waals surface area contributed by atoms with E-state index in [4.69, 9.17) is 9.47 Å². The number of carbonyl (C=O) groups is 3. The van der Waals surface area contributed by atoms with E-state index in [0.29, 0.717) is 17.6 Å². The molecule has 2 fully saturated rings. The third-order valence-corrected chi connectivity index (χ3v) is 8.02. The molecule has 2 saturated carbocycles. The molecule has 0 amide bonds. The van der Waals surface area contributed by atoms with E-state index in [-0.39, 0.29) is 47.5 Å². The molecular weight excluding hydrogens is 380 g/mol. The Morgan fingerprint density at radius 1 is 1.10 bits per heavy atom. The third-order valence-electron chi connectivity index (χ3n) is 8.02. The molecule has 6 atom stereocenters. The van der Waals surface area contributed by atoms with Crippen molar-refractivity contribution >= 4 is 17.7 Å². The van der Waals surface area contributed by atoms with Gasteiger partial charge in [0, 0.05) is 22.5 Å². The van der Waals surface area contributed by atoms with E-state index >= 15 is 0 Å². The van der Waals surface area contributed by atoms with Crippen molar-refractivity contribution in [2.75, 3.05) is 6.61 Å². The Bertz CT molecular complexity index is 863. The van der Waals surface area contributed by atoms with Gasteiger partial charge < -0.3 is 9.47 Å². The van der Waals surface area contributed by atoms with Gasteiger partial charge in [0.1, 0.15) is 12.7 Å². The minimum atomic E-state index is -0.635. The van der Waals surface area contributed by atoms with Gasteiger partial charge in [0.25, 0.3) is 0 Å². The Morgan fingerprint density at radius 3 is 2.27 bits per heavy atom. The smallest absolute Gasteiger partial charge is 0.333 e. The van der Waals surface area contributed by atoms with Crippen molar-refractivity contribution in [2.45, 2.75) is 67.4 Å². The van der Waals surface area contributed by atoms with E-state index < -0.39 is 11.5 Å². The van der Waals surface area contributed by atoms with Gasteiger partial charge in [-0.25, -0.2) is 9.59 Å². The lowest BCUT2D eigenvalue weighted by atomic mass is 9.38. The van der Waals surface area contributed by atoms with Crippen LogP contribution in [0.1, 0.15) is 61.3 Å². The van der Waals surface area contributed by atoms with E-state index in [1.54, 1.807) is 45.9 Å². The molecule has 0 N–H and O–H groups in total. The fourth-order valence-corrected chi connectivity index (χ4v) is 6.03. The second-order valence-corrected chi connectivity index (χ2v) is 9.74. The molecule has 0 aliphatic heterocycles. The van der Waals surface area contributed by atoms with Gasteiger partial charge in [-0.1, -0.05) is 31.6 Å². The summed E-state index contributed by atoms with van der Waals surface area (Å²) in [5.41, 5.74) is 1.42. The van der Waals surface area contributed by atoms with Crippen molar-refractivity contribution in [1.82, 2.24) is 0 Å². The Hall–Kier alpha value is -2.17. The predicted octanol–water partition coefficient (Wildman–Crippen LogP) is 4.57. The highest BCUT2D eigenvalue weighted by atomic mass is 16.6. The van der Waals surface area contributed by atoms with Crippen LogP contribution >= 0.6 is 0 Å². The molecule has 3 aliphatic rings. The fraction of sp³-hybridized carbons (Fsp3) is 0.640. The molecule has 5 nitrogen and oxygen atoms in total. The first-order valence-electron chi connectivity index (χ1n) is 10.9. The average molecular weight is 415 g/mol. The molecule has 30 heavy (non-hydrogen) atoms. The molecular formula is C25H34O5. The molecule has 3 rings (SSSR count). The average Bonchev–Trinajstić information content (AvgIpc) is 2.85. The van der Waals surface area contributed by atoms with E-state index in [9.17, 15) is 14.4 Å². The van der Waals surface area contributed by atoms with Gasteiger partial charge in [0.05, 0.1) is 0 Å². The minimum absolute atomic E-state index is 0.00933. The van der Waals surface area contributed by atoms with Crippen LogP contribution < -0.4 is 0 Å². The van der Waals surface area contributed by atoms with Crippen molar-refractivity contribution < 1.29 is 23.9 Å². The van der Waals surface area contributed by atoms with Crippen molar-refractivity contribution in [3.05, 3.63) is 34.9 Å². The molecule has 0 unspecified atom stereocenters. The van der Waals surface area contributed by atoms with Crippen LogP contribution in [-0.2, 0) is 23.9 Å². The van der Waals surface area contributed by atoms with Crippen LogP contribution in [0.25, 0.3) is 0 Å². The van der Waals surface area contributed by atoms with Gasteiger partial charge >= 0.3 is 11.9 Å². The van der Waals surface area contributed by atoms with E-state index in [1.807, 2.05) is 13.8 Å². The maximum Gasteiger partial charge on any atom is 0.333 e. The molecule has 3 aliphatic carbocycles. The molecule has 0 spiro atoms. The van der Waals surface area contributed by atoms with Crippen molar-refractivity contribution in [3.63, 3.8) is 0 Å². The number of allylic oxidation sites excluding steroid dienone is 4. The van der Waals surface area contributed by atoms with Crippen LogP contribution in [0.3, 0.4) is 0 Å². The monoisotopic (exact) mass is 414 g/mol. The summed E-state index contributed by atoms with van der Waals surface area (Å²) in [6, 6.07) is 0. The zero-order valence-electron chi connectivity index (χ0n) is 19.2. The Balaban J connectivity index is 1.99. The van der Waals surface area contributed by atoms with E-state index in [2.05, 4.69) is 6.92 Å². The van der Waals surface area contributed by atoms with Gasteiger partial charge in [-0.05, 0) is 70.8 Å². The summed E-state index contributed by atoms with van der Waals surface area (Å²) < 4.78 is 11.7. The predicted molar refractivity (Wildman–Crippen MR) is 114 cm³/mol. The zero-order valence-corrected chi connectivity index (χ0v) is 19.2. The lowest BCUT2D eigenvalue weighted by Crippen LogP contribution is -2.66. The third kappa shape index (κ3) is 3.27. The van der Waals surface area contributed by atoms with Crippen LogP contribution in [0, 0.1) is 28.6 Å². The summed E-state index contributed by atoms with van der Waals surface area (Å²) in [4.78, 5) is 38.0. The molecule has 0 radical (unpaired) electrons. The standard InChI is InChI=1S/C25H34O5/c1-8-14(3)22(27)29-13-25(7)18(30-23(28)15(4)9-2)10-11-24(6)19-16(5)12-17(26)20(24)21(19)25/h8-9,12,18-21H,10-11,13H2,1-7H3/b14-8-,15-9-/t18-,19-,20+,21-,24+,25+/m0/s1. The highest BCUT2D eigenvalue weighted by molar-refractivity contribution is 5.96. The van der Waals surface area contributed by atoms with Crippen LogP contribution in [0.2, 0.25) is 0 Å². The molecule has 5 heteroatoms. The second-order valence-electron chi connectivity index (χ2n) is 9.74. The fourth-order valence-electron chi connectivity index (χ4n) is 6.03. The topological polar surface area (TPSA) is 69.7 Å². The summed E-state index contributed by atoms with van der Waals surface area (Å²) in [6.07, 6.45) is 6.27. The van der Waals surface area contributed by atoms with Gasteiger partial charge in [-0.3, -0.25) is 4.79 Å². The van der Waals surface area contributed by atoms with Crippen LogP contribution in [0.5, 0.6) is 0 Å².